The standard InChI is InChI=1S/C30H34N2O/c1-2-3-20-32-23-30(26-16-10-11-17-27(26)32)18-21-31(22-19-30)29(33)28(24-12-6-4-7-13-24)25-14-8-5-9-15-25/h4-17,28H,2-3,18-23H2,1H3. The molecule has 3 nitrogen and oxygen atoms in total. The van der Waals surface area contributed by atoms with Crippen molar-refractivity contribution in [3.05, 3.63) is 102 Å². The maximum atomic E-state index is 13.9. The smallest absolute Gasteiger partial charge is 0.234 e. The molecular formula is C30H34N2O. The van der Waals surface area contributed by atoms with Gasteiger partial charge in [-0.1, -0.05) is 92.2 Å². The van der Waals surface area contributed by atoms with Gasteiger partial charge in [-0.05, 0) is 42.0 Å². The Morgan fingerprint density at radius 1 is 0.848 bits per heavy atom. The Bertz CT molecular complexity index is 1030. The molecule has 2 aliphatic rings. The van der Waals surface area contributed by atoms with Crippen molar-refractivity contribution in [1.82, 2.24) is 4.90 Å². The van der Waals surface area contributed by atoms with Gasteiger partial charge in [0, 0.05) is 37.3 Å². The van der Waals surface area contributed by atoms with Crippen LogP contribution in [0.15, 0.2) is 84.9 Å². The van der Waals surface area contributed by atoms with Gasteiger partial charge >= 0.3 is 0 Å². The summed E-state index contributed by atoms with van der Waals surface area (Å²) in [6.07, 6.45) is 4.52. The first kappa shape index (κ1) is 21.8. The van der Waals surface area contributed by atoms with Crippen LogP contribution < -0.4 is 4.90 Å². The summed E-state index contributed by atoms with van der Waals surface area (Å²) >= 11 is 0. The van der Waals surface area contributed by atoms with Crippen molar-refractivity contribution in [2.45, 2.75) is 43.9 Å². The Kier molecular flexibility index (Phi) is 6.22. The van der Waals surface area contributed by atoms with E-state index in [2.05, 4.69) is 65.3 Å². The molecule has 0 bridgehead atoms. The van der Waals surface area contributed by atoms with Gasteiger partial charge in [0.05, 0.1) is 5.92 Å². The van der Waals surface area contributed by atoms with Gasteiger partial charge in [-0.25, -0.2) is 0 Å². The molecule has 1 amide bonds. The number of nitrogens with zero attached hydrogens (tertiary/aromatic N) is 2. The monoisotopic (exact) mass is 438 g/mol. The molecular weight excluding hydrogens is 404 g/mol. The Labute approximate surface area is 198 Å². The van der Waals surface area contributed by atoms with Crippen molar-refractivity contribution in [2.75, 3.05) is 31.1 Å². The third-order valence-electron chi connectivity index (χ3n) is 7.64. The molecule has 33 heavy (non-hydrogen) atoms. The number of piperidine rings is 1. The average molecular weight is 439 g/mol. The summed E-state index contributed by atoms with van der Waals surface area (Å²) in [7, 11) is 0. The lowest BCUT2D eigenvalue weighted by atomic mass is 9.74. The molecule has 1 saturated heterocycles. The van der Waals surface area contributed by atoms with E-state index in [0.29, 0.717) is 0 Å². The van der Waals surface area contributed by atoms with Crippen molar-refractivity contribution in [3.8, 4) is 0 Å². The number of amides is 1. The number of fused-ring (bicyclic) bond motifs is 2. The molecule has 0 aromatic heterocycles. The van der Waals surface area contributed by atoms with Crippen molar-refractivity contribution in [3.63, 3.8) is 0 Å². The Morgan fingerprint density at radius 2 is 1.42 bits per heavy atom. The largest absolute Gasteiger partial charge is 0.370 e. The van der Waals surface area contributed by atoms with Crippen LogP contribution in [-0.4, -0.2) is 37.0 Å². The molecule has 3 heteroatoms. The lowest BCUT2D eigenvalue weighted by molar-refractivity contribution is -0.133. The highest BCUT2D eigenvalue weighted by molar-refractivity contribution is 5.87. The Morgan fingerprint density at radius 3 is 2.03 bits per heavy atom. The van der Waals surface area contributed by atoms with Crippen LogP contribution in [-0.2, 0) is 10.2 Å². The molecule has 2 aliphatic heterocycles. The molecule has 0 unspecified atom stereocenters. The number of hydrogen-bond donors (Lipinski definition) is 0. The van der Waals surface area contributed by atoms with E-state index in [1.165, 1.54) is 24.1 Å². The van der Waals surface area contributed by atoms with Crippen molar-refractivity contribution >= 4 is 11.6 Å². The number of para-hydroxylation sites is 1. The van der Waals surface area contributed by atoms with Gasteiger partial charge in [-0.15, -0.1) is 0 Å². The van der Waals surface area contributed by atoms with E-state index in [4.69, 9.17) is 0 Å². The molecule has 0 saturated carbocycles. The highest BCUT2D eigenvalue weighted by Gasteiger charge is 2.45. The number of hydrogen-bond acceptors (Lipinski definition) is 2. The summed E-state index contributed by atoms with van der Waals surface area (Å²) in [6, 6.07) is 29.5. The summed E-state index contributed by atoms with van der Waals surface area (Å²) in [5.74, 6) is -0.00487. The Balaban J connectivity index is 1.37. The third kappa shape index (κ3) is 4.17. The van der Waals surface area contributed by atoms with Crippen LogP contribution in [0.25, 0.3) is 0 Å². The van der Waals surface area contributed by atoms with Gasteiger partial charge in [0.2, 0.25) is 5.91 Å². The summed E-state index contributed by atoms with van der Waals surface area (Å²) < 4.78 is 0. The first-order valence-electron chi connectivity index (χ1n) is 12.4. The number of anilines is 1. The van der Waals surface area contributed by atoms with E-state index in [1.807, 2.05) is 36.4 Å². The molecule has 170 valence electrons. The van der Waals surface area contributed by atoms with E-state index in [0.717, 1.165) is 50.1 Å². The normalized spacial score (nSPS) is 16.9. The molecule has 5 rings (SSSR count). The van der Waals surface area contributed by atoms with Crippen LogP contribution in [0.3, 0.4) is 0 Å². The third-order valence-corrected chi connectivity index (χ3v) is 7.64. The zero-order valence-corrected chi connectivity index (χ0v) is 19.6. The molecule has 3 aromatic rings. The van der Waals surface area contributed by atoms with Crippen LogP contribution in [0.1, 0.15) is 55.2 Å². The fraction of sp³-hybridized carbons (Fsp3) is 0.367. The maximum absolute atomic E-state index is 13.9. The van der Waals surface area contributed by atoms with Crippen molar-refractivity contribution < 1.29 is 4.79 Å². The predicted molar refractivity (Wildman–Crippen MR) is 136 cm³/mol. The van der Waals surface area contributed by atoms with Gasteiger partial charge in [-0.3, -0.25) is 4.79 Å². The van der Waals surface area contributed by atoms with Gasteiger partial charge in [0.25, 0.3) is 0 Å². The second-order valence-electron chi connectivity index (χ2n) is 9.65. The molecule has 0 N–H and O–H groups in total. The topological polar surface area (TPSA) is 23.6 Å². The highest BCUT2D eigenvalue weighted by atomic mass is 16.2. The van der Waals surface area contributed by atoms with Gasteiger partial charge in [0.1, 0.15) is 0 Å². The van der Waals surface area contributed by atoms with Crippen LogP contribution in [0, 0.1) is 0 Å². The second kappa shape index (κ2) is 9.43. The van der Waals surface area contributed by atoms with Crippen molar-refractivity contribution in [2.24, 2.45) is 0 Å². The second-order valence-corrected chi connectivity index (χ2v) is 9.65. The minimum Gasteiger partial charge on any atom is -0.370 e. The number of likely N-dealkylation sites (tertiary alicyclic amines) is 1. The maximum Gasteiger partial charge on any atom is 0.234 e. The fourth-order valence-electron chi connectivity index (χ4n) is 5.82. The number of rotatable bonds is 6. The van der Waals surface area contributed by atoms with Crippen LogP contribution in [0.4, 0.5) is 5.69 Å². The fourth-order valence-corrected chi connectivity index (χ4v) is 5.82. The first-order chi connectivity index (χ1) is 16.2. The Hall–Kier alpha value is -3.07. The quantitative estimate of drug-likeness (QED) is 0.471. The summed E-state index contributed by atoms with van der Waals surface area (Å²) in [5.41, 5.74) is 5.24. The number of carbonyl (C=O) groups excluding carboxylic acids is 1. The molecule has 0 aliphatic carbocycles. The predicted octanol–water partition coefficient (Wildman–Crippen LogP) is 6.00. The van der Waals surface area contributed by atoms with E-state index in [1.54, 1.807) is 0 Å². The molecule has 1 fully saturated rings. The summed E-state index contributed by atoms with van der Waals surface area (Å²) in [6.45, 7) is 6.13. The number of benzene rings is 3. The van der Waals surface area contributed by atoms with Crippen LogP contribution in [0.2, 0.25) is 0 Å². The van der Waals surface area contributed by atoms with Gasteiger partial charge in [0.15, 0.2) is 0 Å². The average Bonchev–Trinajstić information content (AvgIpc) is 3.17. The molecule has 1 spiro atoms. The van der Waals surface area contributed by atoms with E-state index >= 15 is 0 Å². The highest BCUT2D eigenvalue weighted by Crippen LogP contribution is 2.47. The number of unbranched alkanes of at least 4 members (excludes halogenated alkanes) is 1. The van der Waals surface area contributed by atoms with Crippen molar-refractivity contribution in [1.29, 1.82) is 0 Å². The van der Waals surface area contributed by atoms with Crippen LogP contribution in [0.5, 0.6) is 0 Å². The zero-order valence-electron chi connectivity index (χ0n) is 19.6. The number of carbonyl (C=O) groups is 1. The zero-order chi connectivity index (χ0) is 22.7. The van der Waals surface area contributed by atoms with Crippen LogP contribution >= 0.6 is 0 Å². The first-order valence-corrected chi connectivity index (χ1v) is 12.4. The van der Waals surface area contributed by atoms with E-state index < -0.39 is 0 Å². The molecule has 0 atom stereocenters. The minimum atomic E-state index is -0.238. The van der Waals surface area contributed by atoms with Gasteiger partial charge < -0.3 is 9.80 Å². The SMILES string of the molecule is CCCCN1CC2(CCN(C(=O)C(c3ccccc3)c3ccccc3)CC2)c2ccccc21. The lowest BCUT2D eigenvalue weighted by Gasteiger charge is -2.41. The lowest BCUT2D eigenvalue weighted by Crippen LogP contribution is -2.48. The van der Waals surface area contributed by atoms with Gasteiger partial charge in [-0.2, -0.15) is 0 Å². The summed E-state index contributed by atoms with van der Waals surface area (Å²) in [5, 5.41) is 0. The van der Waals surface area contributed by atoms with E-state index in [9.17, 15) is 4.79 Å². The summed E-state index contributed by atoms with van der Waals surface area (Å²) in [4.78, 5) is 18.6. The molecule has 3 aromatic carbocycles. The molecule has 2 heterocycles. The molecule has 0 radical (unpaired) electrons. The van der Waals surface area contributed by atoms with E-state index in [-0.39, 0.29) is 17.2 Å². The minimum absolute atomic E-state index is 0.177.